The maximum atomic E-state index is 12.8. The van der Waals surface area contributed by atoms with Crippen LogP contribution in [0.1, 0.15) is 48.4 Å². The van der Waals surface area contributed by atoms with E-state index < -0.39 is 0 Å². The third-order valence-corrected chi connectivity index (χ3v) is 7.04. The highest BCUT2D eigenvalue weighted by molar-refractivity contribution is 8.00. The summed E-state index contributed by atoms with van der Waals surface area (Å²) in [4.78, 5) is 26.1. The van der Waals surface area contributed by atoms with Crippen molar-refractivity contribution in [3.05, 3.63) is 38.3 Å². The molecule has 8 heteroatoms. The molecule has 0 unspecified atom stereocenters. The van der Waals surface area contributed by atoms with Crippen molar-refractivity contribution in [3.63, 3.8) is 0 Å². The second kappa shape index (κ2) is 6.34. The number of nitrogens with zero attached hydrogens (tertiary/aromatic N) is 1. The summed E-state index contributed by atoms with van der Waals surface area (Å²) in [6, 6.07) is 4.11. The zero-order valence-electron chi connectivity index (χ0n) is 14.2. The van der Waals surface area contributed by atoms with Crippen molar-refractivity contribution in [1.82, 2.24) is 9.78 Å². The molecule has 0 aromatic carbocycles. The number of hydrogen-bond donors (Lipinski definition) is 2. The predicted octanol–water partition coefficient (Wildman–Crippen LogP) is 3.14. The SMILES string of the molecule is CC1(C)C[C@@H](n2[nH]c(=O)c3c2NC(=O)CS[C@@H]3c2cccs2)CCO1. The van der Waals surface area contributed by atoms with Crippen LogP contribution >= 0.6 is 23.1 Å². The van der Waals surface area contributed by atoms with Crippen LogP contribution in [0.3, 0.4) is 0 Å². The van der Waals surface area contributed by atoms with E-state index in [2.05, 4.69) is 24.3 Å². The molecule has 0 aliphatic carbocycles. The molecule has 25 heavy (non-hydrogen) atoms. The zero-order valence-corrected chi connectivity index (χ0v) is 15.8. The Balaban J connectivity index is 1.80. The van der Waals surface area contributed by atoms with E-state index in [1.54, 1.807) is 11.3 Å². The smallest absolute Gasteiger partial charge is 0.271 e. The van der Waals surface area contributed by atoms with Gasteiger partial charge < -0.3 is 10.1 Å². The summed E-state index contributed by atoms with van der Waals surface area (Å²) in [5, 5.41) is 7.83. The maximum absolute atomic E-state index is 12.8. The van der Waals surface area contributed by atoms with Gasteiger partial charge in [0.15, 0.2) is 0 Å². The summed E-state index contributed by atoms with van der Waals surface area (Å²) >= 11 is 3.12. The van der Waals surface area contributed by atoms with Gasteiger partial charge in [0.2, 0.25) is 5.91 Å². The third kappa shape index (κ3) is 3.18. The van der Waals surface area contributed by atoms with Gasteiger partial charge in [-0.25, -0.2) is 0 Å². The van der Waals surface area contributed by atoms with Crippen LogP contribution in [0.15, 0.2) is 22.3 Å². The number of aromatic amines is 1. The first-order chi connectivity index (χ1) is 11.9. The van der Waals surface area contributed by atoms with E-state index in [0.29, 0.717) is 23.7 Å². The average Bonchev–Trinajstić information content (AvgIpc) is 3.13. The molecule has 2 atom stereocenters. The minimum Gasteiger partial charge on any atom is -0.375 e. The fourth-order valence-electron chi connectivity index (χ4n) is 3.60. The monoisotopic (exact) mass is 379 g/mol. The first-order valence-electron chi connectivity index (χ1n) is 8.38. The number of hydrogen-bond acceptors (Lipinski definition) is 5. The Morgan fingerprint density at radius 1 is 1.36 bits per heavy atom. The number of thiophene rings is 1. The summed E-state index contributed by atoms with van der Waals surface area (Å²) in [6.45, 7) is 4.76. The van der Waals surface area contributed by atoms with Crippen LogP contribution in [0.25, 0.3) is 0 Å². The Hall–Kier alpha value is -1.51. The summed E-state index contributed by atoms with van der Waals surface area (Å²) < 4.78 is 7.67. The summed E-state index contributed by atoms with van der Waals surface area (Å²) in [5.74, 6) is 0.904. The molecule has 1 saturated heterocycles. The fourth-order valence-corrected chi connectivity index (χ4v) is 5.70. The number of nitrogens with one attached hydrogen (secondary N) is 2. The van der Waals surface area contributed by atoms with Gasteiger partial charge >= 0.3 is 0 Å². The molecule has 2 aliphatic rings. The lowest BCUT2D eigenvalue weighted by Crippen LogP contribution is -2.36. The standard InChI is InChI=1S/C17H21N3O3S2/c1-17(2)8-10(5-6-23-17)20-15-13(16(22)19-20)14(11-4-3-7-24-11)25-9-12(21)18-15/h3-4,7,10,14H,5-6,8-9H2,1-2H3,(H,18,21)(H,19,22)/t10-,14+/m0/s1. The maximum Gasteiger partial charge on any atom is 0.271 e. The molecule has 2 N–H and O–H groups in total. The number of thioether (sulfide) groups is 1. The van der Waals surface area contributed by atoms with E-state index in [1.165, 1.54) is 11.8 Å². The van der Waals surface area contributed by atoms with Gasteiger partial charge in [0.1, 0.15) is 5.82 Å². The molecule has 2 aromatic rings. The van der Waals surface area contributed by atoms with Crippen molar-refractivity contribution < 1.29 is 9.53 Å². The Labute approximate surface area is 153 Å². The summed E-state index contributed by atoms with van der Waals surface area (Å²) in [6.07, 6.45) is 1.60. The van der Waals surface area contributed by atoms with Gasteiger partial charge in [0.25, 0.3) is 5.56 Å². The number of amides is 1. The van der Waals surface area contributed by atoms with Crippen molar-refractivity contribution in [3.8, 4) is 0 Å². The van der Waals surface area contributed by atoms with Crippen molar-refractivity contribution in [2.24, 2.45) is 0 Å². The minimum absolute atomic E-state index is 0.0654. The van der Waals surface area contributed by atoms with Crippen LogP contribution in [0.5, 0.6) is 0 Å². The lowest BCUT2D eigenvalue weighted by Gasteiger charge is -2.36. The lowest BCUT2D eigenvalue weighted by atomic mass is 9.94. The molecule has 2 aliphatic heterocycles. The Bertz CT molecular complexity index is 838. The van der Waals surface area contributed by atoms with Gasteiger partial charge in [-0.3, -0.25) is 19.4 Å². The number of ether oxygens (including phenoxy) is 1. The molecule has 134 valence electrons. The van der Waals surface area contributed by atoms with E-state index in [4.69, 9.17) is 4.74 Å². The van der Waals surface area contributed by atoms with Crippen molar-refractivity contribution in [1.29, 1.82) is 0 Å². The van der Waals surface area contributed by atoms with E-state index in [9.17, 15) is 9.59 Å². The molecule has 4 rings (SSSR count). The molecule has 0 radical (unpaired) electrons. The topological polar surface area (TPSA) is 76.1 Å². The van der Waals surface area contributed by atoms with Gasteiger partial charge in [-0.05, 0) is 38.1 Å². The molecule has 1 fully saturated rings. The van der Waals surface area contributed by atoms with Crippen LogP contribution in [0.4, 0.5) is 5.82 Å². The normalized spacial score (nSPS) is 25.9. The average molecular weight is 380 g/mol. The zero-order chi connectivity index (χ0) is 17.6. The van der Waals surface area contributed by atoms with Gasteiger partial charge in [-0.2, -0.15) is 0 Å². The highest BCUT2D eigenvalue weighted by Crippen LogP contribution is 2.43. The molecule has 1 amide bonds. The number of carbonyl (C=O) groups is 1. The molecule has 6 nitrogen and oxygen atoms in total. The van der Waals surface area contributed by atoms with E-state index in [0.717, 1.165) is 17.7 Å². The minimum atomic E-state index is -0.242. The van der Waals surface area contributed by atoms with E-state index in [1.807, 2.05) is 22.2 Å². The van der Waals surface area contributed by atoms with Crippen LogP contribution in [-0.4, -0.2) is 33.6 Å². The Kier molecular flexibility index (Phi) is 4.29. The van der Waals surface area contributed by atoms with Gasteiger partial charge in [-0.1, -0.05) is 6.07 Å². The highest BCUT2D eigenvalue weighted by Gasteiger charge is 2.36. The first-order valence-corrected chi connectivity index (χ1v) is 10.3. The second-order valence-electron chi connectivity index (χ2n) is 7.08. The number of rotatable bonds is 2. The molecule has 4 heterocycles. The molecular formula is C17H21N3O3S2. The van der Waals surface area contributed by atoms with Crippen LogP contribution in [-0.2, 0) is 9.53 Å². The van der Waals surface area contributed by atoms with Crippen molar-refractivity contribution in [2.75, 3.05) is 17.7 Å². The number of anilines is 1. The molecular weight excluding hydrogens is 358 g/mol. The first kappa shape index (κ1) is 16.9. The van der Waals surface area contributed by atoms with Crippen LogP contribution < -0.4 is 10.9 Å². The van der Waals surface area contributed by atoms with Gasteiger partial charge in [0.05, 0.1) is 28.2 Å². The number of H-pyrrole nitrogens is 1. The van der Waals surface area contributed by atoms with E-state index >= 15 is 0 Å². The van der Waals surface area contributed by atoms with Gasteiger partial charge in [0, 0.05) is 11.5 Å². The third-order valence-electron chi connectivity index (χ3n) is 4.70. The number of fused-ring (bicyclic) bond motifs is 1. The number of carbonyl (C=O) groups excluding carboxylic acids is 1. The Morgan fingerprint density at radius 2 is 2.20 bits per heavy atom. The Morgan fingerprint density at radius 3 is 2.92 bits per heavy atom. The lowest BCUT2D eigenvalue weighted by molar-refractivity contribution is -0.113. The highest BCUT2D eigenvalue weighted by atomic mass is 32.2. The van der Waals surface area contributed by atoms with Gasteiger partial charge in [-0.15, -0.1) is 23.1 Å². The molecule has 0 saturated carbocycles. The second-order valence-corrected chi connectivity index (χ2v) is 9.16. The molecule has 0 spiro atoms. The number of aromatic nitrogens is 2. The molecule has 2 aromatic heterocycles. The quantitative estimate of drug-likeness (QED) is 0.840. The van der Waals surface area contributed by atoms with Crippen LogP contribution in [0, 0.1) is 0 Å². The van der Waals surface area contributed by atoms with Crippen LogP contribution in [0.2, 0.25) is 0 Å². The van der Waals surface area contributed by atoms with Crippen molar-refractivity contribution >= 4 is 34.8 Å². The summed E-state index contributed by atoms with van der Waals surface area (Å²) in [7, 11) is 0. The van der Waals surface area contributed by atoms with Crippen molar-refractivity contribution in [2.45, 2.75) is 43.6 Å². The van der Waals surface area contributed by atoms with E-state index in [-0.39, 0.29) is 28.4 Å². The fraction of sp³-hybridized carbons (Fsp3) is 0.529. The predicted molar refractivity (Wildman–Crippen MR) is 101 cm³/mol. The largest absolute Gasteiger partial charge is 0.375 e. The summed E-state index contributed by atoms with van der Waals surface area (Å²) in [5.41, 5.74) is 0.295. The molecule has 0 bridgehead atoms.